The molecule has 0 spiro atoms. The molecule has 3 heteroatoms. The van der Waals surface area contributed by atoms with Crippen molar-refractivity contribution >= 4 is 11.3 Å². The van der Waals surface area contributed by atoms with Gasteiger partial charge in [0, 0.05) is 9.75 Å². The molecule has 2 nitrogen and oxygen atoms in total. The van der Waals surface area contributed by atoms with E-state index in [1.54, 1.807) is 11.3 Å². The lowest BCUT2D eigenvalue weighted by Crippen LogP contribution is -2.09. The Kier molecular flexibility index (Phi) is 2.91. The predicted molar refractivity (Wildman–Crippen MR) is 48.4 cm³/mol. The van der Waals surface area contributed by atoms with Gasteiger partial charge in [-0.2, -0.15) is 0 Å². The van der Waals surface area contributed by atoms with Crippen molar-refractivity contribution in [1.82, 2.24) is 5.32 Å². The molecule has 0 bridgehead atoms. The molecule has 1 aromatic heterocycles. The van der Waals surface area contributed by atoms with Crippen LogP contribution in [0.1, 0.15) is 9.75 Å². The molecular weight excluding hydrogens is 158 g/mol. The van der Waals surface area contributed by atoms with Crippen molar-refractivity contribution in [3.63, 3.8) is 0 Å². The lowest BCUT2D eigenvalue weighted by molar-refractivity contribution is 0.471. The van der Waals surface area contributed by atoms with Crippen LogP contribution in [0.5, 0.6) is 5.75 Å². The third-order valence-electron chi connectivity index (χ3n) is 1.51. The quantitative estimate of drug-likeness (QED) is 0.722. The summed E-state index contributed by atoms with van der Waals surface area (Å²) in [7, 11) is 1.91. The van der Waals surface area contributed by atoms with E-state index in [1.807, 2.05) is 20.0 Å². The first-order valence-corrected chi connectivity index (χ1v) is 4.48. The number of rotatable bonds is 3. The molecule has 0 saturated heterocycles. The van der Waals surface area contributed by atoms with Crippen molar-refractivity contribution in [2.75, 3.05) is 13.6 Å². The molecule has 0 amide bonds. The van der Waals surface area contributed by atoms with Crippen LogP contribution in [0.2, 0.25) is 0 Å². The molecule has 0 atom stereocenters. The summed E-state index contributed by atoms with van der Waals surface area (Å²) < 4.78 is 0. The van der Waals surface area contributed by atoms with E-state index in [1.165, 1.54) is 4.88 Å². The van der Waals surface area contributed by atoms with E-state index in [0.29, 0.717) is 5.75 Å². The normalized spacial score (nSPS) is 10.4. The Morgan fingerprint density at radius 3 is 2.82 bits per heavy atom. The molecule has 0 unspecified atom stereocenters. The average molecular weight is 171 g/mol. The van der Waals surface area contributed by atoms with Gasteiger partial charge in [0.2, 0.25) is 0 Å². The van der Waals surface area contributed by atoms with Crippen LogP contribution in [0.4, 0.5) is 0 Å². The van der Waals surface area contributed by atoms with Crippen LogP contribution >= 0.6 is 11.3 Å². The molecule has 1 aromatic rings. The Labute approximate surface area is 70.9 Å². The van der Waals surface area contributed by atoms with Gasteiger partial charge in [-0.25, -0.2) is 0 Å². The van der Waals surface area contributed by atoms with Crippen LogP contribution in [0.25, 0.3) is 0 Å². The Morgan fingerprint density at radius 2 is 2.36 bits per heavy atom. The van der Waals surface area contributed by atoms with E-state index in [2.05, 4.69) is 5.32 Å². The zero-order chi connectivity index (χ0) is 8.27. The van der Waals surface area contributed by atoms with Gasteiger partial charge in [0.25, 0.3) is 0 Å². The number of aromatic hydroxyl groups is 1. The van der Waals surface area contributed by atoms with Gasteiger partial charge in [-0.3, -0.25) is 0 Å². The van der Waals surface area contributed by atoms with Crippen molar-refractivity contribution in [2.24, 2.45) is 0 Å². The van der Waals surface area contributed by atoms with Gasteiger partial charge in [0.15, 0.2) is 0 Å². The summed E-state index contributed by atoms with van der Waals surface area (Å²) in [4.78, 5) is 2.26. The van der Waals surface area contributed by atoms with Gasteiger partial charge < -0.3 is 10.4 Å². The van der Waals surface area contributed by atoms with Gasteiger partial charge in [-0.15, -0.1) is 11.3 Å². The van der Waals surface area contributed by atoms with Crippen LogP contribution in [0.15, 0.2) is 6.07 Å². The fraction of sp³-hybridized carbons (Fsp3) is 0.500. The summed E-state index contributed by atoms with van der Waals surface area (Å²) in [5.74, 6) is 0.447. The Bertz CT molecular complexity index is 232. The molecule has 0 aliphatic carbocycles. The summed E-state index contributed by atoms with van der Waals surface area (Å²) in [6.07, 6.45) is 0.918. The summed E-state index contributed by atoms with van der Waals surface area (Å²) in [6, 6.07) is 1.82. The van der Waals surface area contributed by atoms with Crippen molar-refractivity contribution < 1.29 is 5.11 Å². The molecule has 11 heavy (non-hydrogen) atoms. The van der Waals surface area contributed by atoms with Crippen molar-refractivity contribution in [2.45, 2.75) is 13.3 Å². The SMILES string of the molecule is CNCCc1sc(C)cc1O. The highest BCUT2D eigenvalue weighted by Gasteiger charge is 2.03. The standard InChI is InChI=1S/C8H13NOS/c1-6-5-7(10)8(11-6)3-4-9-2/h5,9-10H,3-4H2,1-2H3. The lowest BCUT2D eigenvalue weighted by atomic mass is 10.3. The Hall–Kier alpha value is -0.540. The molecule has 62 valence electrons. The summed E-state index contributed by atoms with van der Waals surface area (Å²) in [6.45, 7) is 2.93. The fourth-order valence-corrected chi connectivity index (χ4v) is 1.89. The zero-order valence-electron chi connectivity index (χ0n) is 6.85. The number of thiophene rings is 1. The molecule has 0 radical (unpaired) electrons. The number of nitrogens with one attached hydrogen (secondary N) is 1. The molecule has 0 aromatic carbocycles. The Morgan fingerprint density at radius 1 is 1.64 bits per heavy atom. The lowest BCUT2D eigenvalue weighted by Gasteiger charge is -1.95. The van der Waals surface area contributed by atoms with E-state index in [-0.39, 0.29) is 0 Å². The second-order valence-electron chi connectivity index (χ2n) is 2.52. The van der Waals surface area contributed by atoms with E-state index in [9.17, 15) is 5.11 Å². The summed E-state index contributed by atoms with van der Waals surface area (Å²) in [5, 5.41) is 12.4. The van der Waals surface area contributed by atoms with Crippen molar-refractivity contribution in [3.8, 4) is 5.75 Å². The largest absolute Gasteiger partial charge is 0.507 e. The van der Waals surface area contributed by atoms with E-state index in [4.69, 9.17) is 0 Å². The van der Waals surface area contributed by atoms with Gasteiger partial charge >= 0.3 is 0 Å². The monoisotopic (exact) mass is 171 g/mol. The van der Waals surface area contributed by atoms with E-state index in [0.717, 1.165) is 17.8 Å². The van der Waals surface area contributed by atoms with Crippen LogP contribution < -0.4 is 5.32 Å². The van der Waals surface area contributed by atoms with Crippen LogP contribution in [0, 0.1) is 6.92 Å². The van der Waals surface area contributed by atoms with Gasteiger partial charge in [0.1, 0.15) is 5.75 Å². The molecular formula is C8H13NOS. The van der Waals surface area contributed by atoms with Crippen molar-refractivity contribution in [3.05, 3.63) is 15.8 Å². The maximum Gasteiger partial charge on any atom is 0.129 e. The topological polar surface area (TPSA) is 32.3 Å². The molecule has 2 N–H and O–H groups in total. The smallest absolute Gasteiger partial charge is 0.129 e. The maximum absolute atomic E-state index is 9.34. The first-order valence-electron chi connectivity index (χ1n) is 3.67. The van der Waals surface area contributed by atoms with E-state index >= 15 is 0 Å². The van der Waals surface area contributed by atoms with Crippen molar-refractivity contribution in [1.29, 1.82) is 0 Å². The fourth-order valence-electron chi connectivity index (χ4n) is 0.967. The molecule has 0 aliphatic rings. The summed E-state index contributed by atoms with van der Waals surface area (Å²) >= 11 is 1.66. The second-order valence-corrected chi connectivity index (χ2v) is 3.86. The average Bonchev–Trinajstić information content (AvgIpc) is 2.26. The van der Waals surface area contributed by atoms with Crippen LogP contribution in [-0.4, -0.2) is 18.7 Å². The summed E-state index contributed by atoms with van der Waals surface area (Å²) in [5.41, 5.74) is 0. The van der Waals surface area contributed by atoms with Gasteiger partial charge in [0.05, 0.1) is 0 Å². The number of likely N-dealkylation sites (N-methyl/N-ethyl adjacent to an activating group) is 1. The number of aryl methyl sites for hydroxylation is 1. The van der Waals surface area contributed by atoms with E-state index < -0.39 is 0 Å². The Balaban J connectivity index is 2.62. The van der Waals surface area contributed by atoms with Crippen LogP contribution in [-0.2, 0) is 6.42 Å². The highest BCUT2D eigenvalue weighted by molar-refractivity contribution is 7.12. The third-order valence-corrected chi connectivity index (χ3v) is 2.61. The molecule has 1 rings (SSSR count). The van der Waals surface area contributed by atoms with Crippen LogP contribution in [0.3, 0.4) is 0 Å². The highest BCUT2D eigenvalue weighted by Crippen LogP contribution is 2.27. The number of hydrogen-bond donors (Lipinski definition) is 2. The van der Waals surface area contributed by atoms with Gasteiger partial charge in [-0.05, 0) is 33.0 Å². The minimum Gasteiger partial charge on any atom is -0.507 e. The predicted octanol–water partition coefficient (Wildman–Crippen LogP) is 1.52. The first kappa shape index (κ1) is 8.56. The maximum atomic E-state index is 9.34. The van der Waals surface area contributed by atoms with Gasteiger partial charge in [-0.1, -0.05) is 0 Å². The number of hydrogen-bond acceptors (Lipinski definition) is 3. The minimum atomic E-state index is 0.447. The molecule has 0 saturated carbocycles. The molecule has 1 heterocycles. The highest BCUT2D eigenvalue weighted by atomic mass is 32.1. The minimum absolute atomic E-state index is 0.447. The molecule has 0 aliphatic heterocycles. The molecule has 0 fully saturated rings. The zero-order valence-corrected chi connectivity index (χ0v) is 7.66. The third kappa shape index (κ3) is 2.20. The second kappa shape index (κ2) is 3.74. The first-order chi connectivity index (χ1) is 5.24.